The standard InChI is InChI=1S/C17H19N5O3S/c1-12-4-5-18-16(10-12)21-6-8-22(9-7-21)26(24,25)13-2-3-14-15(11-13)20-17(23)19-14/h2-5,10-11H,6-9H2,1H3,(H2,19,20,23). The highest BCUT2D eigenvalue weighted by atomic mass is 32.2. The number of hydrogen-bond donors (Lipinski definition) is 2. The first-order valence-electron chi connectivity index (χ1n) is 8.33. The zero-order chi connectivity index (χ0) is 18.3. The third kappa shape index (κ3) is 2.99. The monoisotopic (exact) mass is 373 g/mol. The number of sulfonamides is 1. The Balaban J connectivity index is 1.54. The highest BCUT2D eigenvalue weighted by Gasteiger charge is 2.29. The minimum Gasteiger partial charge on any atom is -0.354 e. The molecule has 0 radical (unpaired) electrons. The minimum absolute atomic E-state index is 0.183. The molecule has 2 N–H and O–H groups in total. The van der Waals surface area contributed by atoms with E-state index in [1.165, 1.54) is 16.4 Å². The predicted octanol–water partition coefficient (Wildman–Crippen LogP) is 1.07. The molecule has 26 heavy (non-hydrogen) atoms. The van der Waals surface area contributed by atoms with Crippen molar-refractivity contribution in [3.63, 3.8) is 0 Å². The van der Waals surface area contributed by atoms with Gasteiger partial charge in [0, 0.05) is 32.4 Å². The number of anilines is 1. The molecule has 2 aromatic heterocycles. The van der Waals surface area contributed by atoms with Crippen molar-refractivity contribution in [3.05, 3.63) is 52.6 Å². The van der Waals surface area contributed by atoms with E-state index in [-0.39, 0.29) is 10.6 Å². The zero-order valence-electron chi connectivity index (χ0n) is 14.3. The first kappa shape index (κ1) is 16.8. The Morgan fingerprint density at radius 3 is 2.46 bits per heavy atom. The number of aromatic amines is 2. The van der Waals surface area contributed by atoms with E-state index in [2.05, 4.69) is 19.9 Å². The molecule has 0 saturated carbocycles. The van der Waals surface area contributed by atoms with Gasteiger partial charge in [-0.3, -0.25) is 0 Å². The van der Waals surface area contributed by atoms with Crippen molar-refractivity contribution in [2.24, 2.45) is 0 Å². The van der Waals surface area contributed by atoms with Gasteiger partial charge in [-0.05, 0) is 42.8 Å². The third-order valence-electron chi connectivity index (χ3n) is 4.59. The summed E-state index contributed by atoms with van der Waals surface area (Å²) in [7, 11) is -3.61. The summed E-state index contributed by atoms with van der Waals surface area (Å²) in [6, 6.07) is 8.56. The SMILES string of the molecule is Cc1ccnc(N2CCN(S(=O)(=O)c3ccc4[nH]c(=O)[nH]c4c3)CC2)c1. The topological polar surface area (TPSA) is 102 Å². The van der Waals surface area contributed by atoms with Crippen molar-refractivity contribution in [3.8, 4) is 0 Å². The summed E-state index contributed by atoms with van der Waals surface area (Å²) in [5.41, 5.74) is 1.84. The predicted molar refractivity (Wildman–Crippen MR) is 98.9 cm³/mol. The molecular weight excluding hydrogens is 354 g/mol. The summed E-state index contributed by atoms with van der Waals surface area (Å²) >= 11 is 0. The number of piperazine rings is 1. The Kier molecular flexibility index (Phi) is 4.04. The second-order valence-electron chi connectivity index (χ2n) is 6.37. The molecule has 4 rings (SSSR count). The number of aromatic nitrogens is 3. The molecule has 3 heterocycles. The van der Waals surface area contributed by atoms with Gasteiger partial charge in [-0.2, -0.15) is 4.31 Å². The molecule has 0 amide bonds. The average Bonchev–Trinajstić information content (AvgIpc) is 3.01. The van der Waals surface area contributed by atoms with E-state index in [9.17, 15) is 13.2 Å². The number of rotatable bonds is 3. The fourth-order valence-corrected chi connectivity index (χ4v) is 4.62. The van der Waals surface area contributed by atoms with E-state index in [1.807, 2.05) is 19.1 Å². The van der Waals surface area contributed by atoms with Crippen molar-refractivity contribution in [2.45, 2.75) is 11.8 Å². The molecule has 1 aliphatic heterocycles. The largest absolute Gasteiger partial charge is 0.354 e. The molecule has 0 atom stereocenters. The minimum atomic E-state index is -3.61. The smallest absolute Gasteiger partial charge is 0.323 e. The first-order chi connectivity index (χ1) is 12.4. The van der Waals surface area contributed by atoms with Gasteiger partial charge in [0.05, 0.1) is 15.9 Å². The molecule has 0 unspecified atom stereocenters. The number of pyridine rings is 1. The van der Waals surface area contributed by atoms with Crippen LogP contribution in [0.15, 0.2) is 46.2 Å². The van der Waals surface area contributed by atoms with Crippen LogP contribution in [0.1, 0.15) is 5.56 Å². The number of benzene rings is 1. The lowest BCUT2D eigenvalue weighted by molar-refractivity contribution is 0.384. The Hall–Kier alpha value is -2.65. The van der Waals surface area contributed by atoms with Crippen molar-refractivity contribution in [2.75, 3.05) is 31.1 Å². The fraction of sp³-hybridized carbons (Fsp3) is 0.294. The van der Waals surface area contributed by atoms with Crippen LogP contribution in [0.4, 0.5) is 5.82 Å². The van der Waals surface area contributed by atoms with Gasteiger partial charge in [0.15, 0.2) is 0 Å². The molecule has 9 heteroatoms. The maximum Gasteiger partial charge on any atom is 0.323 e. The number of fused-ring (bicyclic) bond motifs is 1. The summed E-state index contributed by atoms with van der Waals surface area (Å²) in [5, 5.41) is 0. The number of imidazole rings is 1. The van der Waals surface area contributed by atoms with Crippen LogP contribution >= 0.6 is 0 Å². The van der Waals surface area contributed by atoms with Crippen molar-refractivity contribution in [1.82, 2.24) is 19.3 Å². The van der Waals surface area contributed by atoms with E-state index < -0.39 is 10.0 Å². The highest BCUT2D eigenvalue weighted by Crippen LogP contribution is 2.22. The fourth-order valence-electron chi connectivity index (χ4n) is 3.17. The van der Waals surface area contributed by atoms with Gasteiger partial charge in [-0.15, -0.1) is 0 Å². The van der Waals surface area contributed by atoms with Gasteiger partial charge in [-0.25, -0.2) is 18.2 Å². The summed E-state index contributed by atoms with van der Waals surface area (Å²) in [4.78, 5) is 23.2. The van der Waals surface area contributed by atoms with E-state index in [4.69, 9.17) is 0 Å². The van der Waals surface area contributed by atoms with E-state index in [1.54, 1.807) is 12.3 Å². The van der Waals surface area contributed by atoms with E-state index in [0.29, 0.717) is 37.2 Å². The van der Waals surface area contributed by atoms with Crippen LogP contribution in [0.3, 0.4) is 0 Å². The lowest BCUT2D eigenvalue weighted by atomic mass is 10.2. The highest BCUT2D eigenvalue weighted by molar-refractivity contribution is 7.89. The lowest BCUT2D eigenvalue weighted by Gasteiger charge is -2.34. The number of nitrogens with one attached hydrogen (secondary N) is 2. The summed E-state index contributed by atoms with van der Waals surface area (Å²) < 4.78 is 27.3. The zero-order valence-corrected chi connectivity index (χ0v) is 15.1. The first-order valence-corrected chi connectivity index (χ1v) is 9.77. The maximum atomic E-state index is 12.9. The molecule has 0 bridgehead atoms. The summed E-state index contributed by atoms with van der Waals surface area (Å²) in [5.74, 6) is 0.869. The third-order valence-corrected chi connectivity index (χ3v) is 6.48. The maximum absolute atomic E-state index is 12.9. The number of hydrogen-bond acceptors (Lipinski definition) is 5. The van der Waals surface area contributed by atoms with Crippen LogP contribution in [0, 0.1) is 6.92 Å². The lowest BCUT2D eigenvalue weighted by Crippen LogP contribution is -2.48. The van der Waals surface area contributed by atoms with Crippen LogP contribution in [0.25, 0.3) is 11.0 Å². The molecule has 136 valence electrons. The number of nitrogens with zero attached hydrogens (tertiary/aromatic N) is 3. The Morgan fingerprint density at radius 2 is 1.73 bits per heavy atom. The number of H-pyrrole nitrogens is 2. The average molecular weight is 373 g/mol. The number of aryl methyl sites for hydroxylation is 1. The van der Waals surface area contributed by atoms with Gasteiger partial charge in [0.2, 0.25) is 10.0 Å². The molecule has 0 aliphatic carbocycles. The molecule has 1 aromatic carbocycles. The van der Waals surface area contributed by atoms with Crippen molar-refractivity contribution >= 4 is 26.9 Å². The van der Waals surface area contributed by atoms with Gasteiger partial charge in [0.25, 0.3) is 0 Å². The molecule has 0 spiro atoms. The molecular formula is C17H19N5O3S. The molecule has 8 nitrogen and oxygen atoms in total. The van der Waals surface area contributed by atoms with Gasteiger partial charge < -0.3 is 14.9 Å². The van der Waals surface area contributed by atoms with Gasteiger partial charge >= 0.3 is 5.69 Å². The van der Waals surface area contributed by atoms with Crippen LogP contribution in [-0.2, 0) is 10.0 Å². The van der Waals surface area contributed by atoms with E-state index in [0.717, 1.165) is 11.4 Å². The molecule has 1 saturated heterocycles. The molecule has 1 fully saturated rings. The van der Waals surface area contributed by atoms with Gasteiger partial charge in [-0.1, -0.05) is 0 Å². The summed E-state index contributed by atoms with van der Waals surface area (Å²) in [6.45, 7) is 3.95. The second-order valence-corrected chi connectivity index (χ2v) is 8.31. The Bertz CT molecular complexity index is 1110. The molecule has 3 aromatic rings. The normalized spacial score (nSPS) is 16.3. The molecule has 1 aliphatic rings. The van der Waals surface area contributed by atoms with Crippen LogP contribution < -0.4 is 10.6 Å². The van der Waals surface area contributed by atoms with Crippen LogP contribution in [0.2, 0.25) is 0 Å². The Labute approximate surface area is 150 Å². The van der Waals surface area contributed by atoms with Crippen molar-refractivity contribution < 1.29 is 8.42 Å². The van der Waals surface area contributed by atoms with Gasteiger partial charge in [0.1, 0.15) is 5.82 Å². The van der Waals surface area contributed by atoms with E-state index >= 15 is 0 Å². The quantitative estimate of drug-likeness (QED) is 0.715. The second kappa shape index (κ2) is 6.26. The summed E-state index contributed by atoms with van der Waals surface area (Å²) in [6.07, 6.45) is 1.76. The Morgan fingerprint density at radius 1 is 1.00 bits per heavy atom. The van der Waals surface area contributed by atoms with Crippen LogP contribution in [-0.4, -0.2) is 53.9 Å². The van der Waals surface area contributed by atoms with Crippen LogP contribution in [0.5, 0.6) is 0 Å². The van der Waals surface area contributed by atoms with Crippen molar-refractivity contribution in [1.29, 1.82) is 0 Å².